The normalized spacial score (nSPS) is 10.5. The Morgan fingerprint density at radius 3 is 2.21 bits per heavy atom. The van der Waals surface area contributed by atoms with E-state index in [1.165, 1.54) is 6.07 Å². The monoisotopic (exact) mass is 384 g/mol. The average Bonchev–Trinajstić information content (AvgIpc) is 2.66. The topological polar surface area (TPSA) is 105 Å². The van der Waals surface area contributed by atoms with Crippen molar-refractivity contribution in [2.24, 2.45) is 0 Å². The molecular weight excluding hydrogens is 360 g/mol. The molecule has 0 bridgehead atoms. The number of nitro groups is 1. The second-order valence-corrected chi connectivity index (χ2v) is 6.72. The average molecular weight is 384 g/mol. The minimum absolute atomic E-state index is 0.0633. The first-order chi connectivity index (χ1) is 13.2. The maximum Gasteiger partial charge on any atom is 0.293 e. The quantitative estimate of drug-likeness (QED) is 0.564. The van der Waals surface area contributed by atoms with Crippen LogP contribution < -0.4 is 15.5 Å². The molecule has 0 aliphatic rings. The number of carbonyl (C=O) groups is 2. The third-order valence-corrected chi connectivity index (χ3v) is 4.13. The van der Waals surface area contributed by atoms with Crippen LogP contribution in [0.4, 0.5) is 11.4 Å². The molecule has 0 fully saturated rings. The molecule has 0 radical (unpaired) electrons. The van der Waals surface area contributed by atoms with Gasteiger partial charge in [0, 0.05) is 43.9 Å². The number of nitrogens with one attached hydrogen (secondary N) is 2. The minimum atomic E-state index is -0.493. The zero-order valence-corrected chi connectivity index (χ0v) is 16.4. The largest absolute Gasteiger partial charge is 0.365 e. The summed E-state index contributed by atoms with van der Waals surface area (Å²) >= 11 is 0. The summed E-state index contributed by atoms with van der Waals surface area (Å²) in [4.78, 5) is 36.5. The zero-order valence-electron chi connectivity index (χ0n) is 16.4. The standard InChI is InChI=1S/C20H24N4O4/c1-13(2)22-20(26)16-9-10-17(18(11-16)24(27)28)23(4)12-14-5-7-15(8-6-14)19(25)21-3/h5-11,13H,12H2,1-4H3,(H,21,25)(H,22,26). The summed E-state index contributed by atoms with van der Waals surface area (Å²) in [5.41, 5.74) is 1.95. The van der Waals surface area contributed by atoms with Crippen LogP contribution in [0.15, 0.2) is 42.5 Å². The van der Waals surface area contributed by atoms with E-state index in [0.717, 1.165) is 5.56 Å². The van der Waals surface area contributed by atoms with Gasteiger partial charge in [-0.1, -0.05) is 12.1 Å². The number of anilines is 1. The first-order valence-electron chi connectivity index (χ1n) is 8.84. The van der Waals surface area contributed by atoms with Crippen LogP contribution in [0.3, 0.4) is 0 Å². The van der Waals surface area contributed by atoms with Crippen molar-refractivity contribution < 1.29 is 14.5 Å². The lowest BCUT2D eigenvalue weighted by molar-refractivity contribution is -0.384. The van der Waals surface area contributed by atoms with Gasteiger partial charge in [0.25, 0.3) is 17.5 Å². The highest BCUT2D eigenvalue weighted by Gasteiger charge is 2.20. The number of rotatable bonds is 7. The Bertz CT molecular complexity index is 878. The molecule has 0 aliphatic carbocycles. The van der Waals surface area contributed by atoms with Gasteiger partial charge in [-0.15, -0.1) is 0 Å². The van der Waals surface area contributed by atoms with Crippen LogP contribution >= 0.6 is 0 Å². The zero-order chi connectivity index (χ0) is 20.8. The first kappa shape index (κ1) is 20.9. The highest BCUT2D eigenvalue weighted by Crippen LogP contribution is 2.29. The van der Waals surface area contributed by atoms with Gasteiger partial charge in [0.05, 0.1) is 4.92 Å². The highest BCUT2D eigenvalue weighted by atomic mass is 16.6. The van der Waals surface area contributed by atoms with E-state index in [4.69, 9.17) is 0 Å². The van der Waals surface area contributed by atoms with Gasteiger partial charge in [0.2, 0.25) is 0 Å². The van der Waals surface area contributed by atoms with E-state index in [1.807, 2.05) is 13.8 Å². The van der Waals surface area contributed by atoms with Crippen LogP contribution in [0.25, 0.3) is 0 Å². The molecule has 0 saturated heterocycles. The number of benzene rings is 2. The lowest BCUT2D eigenvalue weighted by Crippen LogP contribution is -2.30. The fourth-order valence-electron chi connectivity index (χ4n) is 2.74. The van der Waals surface area contributed by atoms with Crippen LogP contribution in [0.5, 0.6) is 0 Å². The summed E-state index contributed by atoms with van der Waals surface area (Å²) in [7, 11) is 3.30. The molecule has 8 nitrogen and oxygen atoms in total. The van der Waals surface area contributed by atoms with Crippen molar-refractivity contribution in [3.63, 3.8) is 0 Å². The SMILES string of the molecule is CNC(=O)c1ccc(CN(C)c2ccc(C(=O)NC(C)C)cc2[N+](=O)[O-])cc1. The van der Waals surface area contributed by atoms with Crippen LogP contribution in [-0.2, 0) is 6.54 Å². The number of hydrogen-bond donors (Lipinski definition) is 2. The predicted molar refractivity (Wildman–Crippen MR) is 108 cm³/mol. The van der Waals surface area contributed by atoms with Crippen molar-refractivity contribution in [1.82, 2.24) is 10.6 Å². The van der Waals surface area contributed by atoms with E-state index in [2.05, 4.69) is 10.6 Å². The van der Waals surface area contributed by atoms with Gasteiger partial charge < -0.3 is 15.5 Å². The summed E-state index contributed by atoms with van der Waals surface area (Å²) in [5.74, 6) is -0.525. The summed E-state index contributed by atoms with van der Waals surface area (Å²) in [6, 6.07) is 11.4. The second kappa shape index (κ2) is 8.98. The molecule has 0 heterocycles. The molecule has 0 saturated carbocycles. The van der Waals surface area contributed by atoms with Gasteiger partial charge in [-0.3, -0.25) is 19.7 Å². The molecule has 0 aromatic heterocycles. The predicted octanol–water partition coefficient (Wildman–Crippen LogP) is 2.73. The van der Waals surface area contributed by atoms with E-state index in [9.17, 15) is 19.7 Å². The number of amides is 2. The number of hydrogen-bond acceptors (Lipinski definition) is 5. The Balaban J connectivity index is 2.24. The van der Waals surface area contributed by atoms with Crippen molar-refractivity contribution in [3.8, 4) is 0 Å². The van der Waals surface area contributed by atoms with Gasteiger partial charge in [-0.25, -0.2) is 0 Å². The van der Waals surface area contributed by atoms with E-state index >= 15 is 0 Å². The molecule has 2 aromatic carbocycles. The molecule has 28 heavy (non-hydrogen) atoms. The summed E-state index contributed by atoms with van der Waals surface area (Å²) in [5, 5.41) is 16.8. The Labute approximate surface area is 163 Å². The minimum Gasteiger partial charge on any atom is -0.365 e. The summed E-state index contributed by atoms with van der Waals surface area (Å²) in [6.07, 6.45) is 0. The summed E-state index contributed by atoms with van der Waals surface area (Å²) in [6.45, 7) is 4.06. The van der Waals surface area contributed by atoms with Crippen molar-refractivity contribution >= 4 is 23.2 Å². The Morgan fingerprint density at radius 2 is 1.68 bits per heavy atom. The van der Waals surface area contributed by atoms with Crippen molar-refractivity contribution in [2.45, 2.75) is 26.4 Å². The fraction of sp³-hybridized carbons (Fsp3) is 0.300. The van der Waals surface area contributed by atoms with Crippen LogP contribution in [-0.4, -0.2) is 36.9 Å². The van der Waals surface area contributed by atoms with Crippen LogP contribution in [0.2, 0.25) is 0 Å². The molecule has 2 N–H and O–H groups in total. The van der Waals surface area contributed by atoms with Crippen LogP contribution in [0.1, 0.15) is 40.1 Å². The molecule has 0 spiro atoms. The highest BCUT2D eigenvalue weighted by molar-refractivity contribution is 5.96. The van der Waals surface area contributed by atoms with Gasteiger partial charge in [0.1, 0.15) is 5.69 Å². The van der Waals surface area contributed by atoms with Crippen molar-refractivity contribution in [3.05, 3.63) is 69.3 Å². The third-order valence-electron chi connectivity index (χ3n) is 4.13. The number of nitrogens with zero attached hydrogens (tertiary/aromatic N) is 2. The van der Waals surface area contributed by atoms with E-state index in [0.29, 0.717) is 17.8 Å². The molecule has 2 aromatic rings. The van der Waals surface area contributed by atoms with E-state index in [1.54, 1.807) is 55.4 Å². The van der Waals surface area contributed by atoms with Gasteiger partial charge >= 0.3 is 0 Å². The van der Waals surface area contributed by atoms with E-state index < -0.39 is 4.92 Å². The van der Waals surface area contributed by atoms with Crippen LogP contribution in [0, 0.1) is 10.1 Å². The Morgan fingerprint density at radius 1 is 1.07 bits per heavy atom. The fourth-order valence-corrected chi connectivity index (χ4v) is 2.74. The molecule has 148 valence electrons. The van der Waals surface area contributed by atoms with Gasteiger partial charge in [-0.05, 0) is 43.7 Å². The molecule has 2 amide bonds. The van der Waals surface area contributed by atoms with Crippen molar-refractivity contribution in [2.75, 3.05) is 19.0 Å². The lowest BCUT2D eigenvalue weighted by Gasteiger charge is -2.20. The first-order valence-corrected chi connectivity index (χ1v) is 8.84. The maximum absolute atomic E-state index is 12.1. The number of nitro benzene ring substituents is 1. The van der Waals surface area contributed by atoms with E-state index in [-0.39, 0.29) is 29.1 Å². The third kappa shape index (κ3) is 5.06. The molecule has 0 aliphatic heterocycles. The smallest absolute Gasteiger partial charge is 0.293 e. The molecule has 8 heteroatoms. The van der Waals surface area contributed by atoms with Gasteiger partial charge in [0.15, 0.2) is 0 Å². The lowest BCUT2D eigenvalue weighted by atomic mass is 10.1. The van der Waals surface area contributed by atoms with Crippen molar-refractivity contribution in [1.29, 1.82) is 0 Å². The summed E-state index contributed by atoms with van der Waals surface area (Å²) < 4.78 is 0. The molecular formula is C20H24N4O4. The second-order valence-electron chi connectivity index (χ2n) is 6.72. The number of carbonyl (C=O) groups excluding carboxylic acids is 2. The molecule has 0 atom stereocenters. The molecule has 0 unspecified atom stereocenters. The molecule has 2 rings (SSSR count). The maximum atomic E-state index is 12.1. The van der Waals surface area contributed by atoms with Gasteiger partial charge in [-0.2, -0.15) is 0 Å². The Kier molecular flexibility index (Phi) is 6.70. The Hall–Kier alpha value is -3.42.